The van der Waals surface area contributed by atoms with Crippen LogP contribution in [-0.4, -0.2) is 37.8 Å². The van der Waals surface area contributed by atoms with E-state index in [0.29, 0.717) is 32.2 Å². The number of hydrogen-bond acceptors (Lipinski definition) is 2. The van der Waals surface area contributed by atoms with E-state index < -0.39 is 40.9 Å². The van der Waals surface area contributed by atoms with Crippen LogP contribution in [0.1, 0.15) is 17.2 Å². The number of benzene rings is 1. The molecule has 0 unspecified atom stereocenters. The zero-order valence-corrected chi connectivity index (χ0v) is 11.7. The summed E-state index contributed by atoms with van der Waals surface area (Å²) >= 11 is 5.58. The van der Waals surface area contributed by atoms with Crippen LogP contribution in [0, 0.1) is 5.82 Å². The molecule has 1 fully saturated rings. The number of piperazine rings is 1. The van der Waals surface area contributed by atoms with Crippen molar-refractivity contribution in [2.24, 2.45) is 0 Å². The summed E-state index contributed by atoms with van der Waals surface area (Å²) in [4.78, 5) is 1.50. The average Bonchev–Trinajstić information content (AvgIpc) is 2.44. The maximum Gasteiger partial charge on any atom is 0.416 e. The zero-order chi connectivity index (χ0) is 15.6. The molecule has 1 N–H and O–H groups in total. The SMILES string of the molecule is FC[C@@H](c1c(C(F)(F)F)ccc(Cl)c1F)N1CCNCC1. The van der Waals surface area contributed by atoms with Gasteiger partial charge in [-0.1, -0.05) is 11.6 Å². The molecule has 0 radical (unpaired) electrons. The molecule has 8 heteroatoms. The molecular weight excluding hydrogens is 315 g/mol. The third kappa shape index (κ3) is 3.46. The van der Waals surface area contributed by atoms with Crippen LogP contribution in [0.25, 0.3) is 0 Å². The Balaban J connectivity index is 2.50. The first-order chi connectivity index (χ1) is 9.86. The summed E-state index contributed by atoms with van der Waals surface area (Å²) in [6.07, 6.45) is -4.76. The highest BCUT2D eigenvalue weighted by atomic mass is 35.5. The minimum atomic E-state index is -4.76. The summed E-state index contributed by atoms with van der Waals surface area (Å²) < 4.78 is 66.7. The van der Waals surface area contributed by atoms with E-state index in [1.54, 1.807) is 0 Å². The van der Waals surface area contributed by atoms with Crippen molar-refractivity contribution in [1.82, 2.24) is 10.2 Å². The molecule has 0 aliphatic carbocycles. The lowest BCUT2D eigenvalue weighted by Crippen LogP contribution is -2.46. The lowest BCUT2D eigenvalue weighted by atomic mass is 9.98. The van der Waals surface area contributed by atoms with Gasteiger partial charge in [-0.25, -0.2) is 8.78 Å². The molecule has 118 valence electrons. The summed E-state index contributed by atoms with van der Waals surface area (Å²) in [7, 11) is 0. The van der Waals surface area contributed by atoms with E-state index in [0.717, 1.165) is 6.07 Å². The number of hydrogen-bond donors (Lipinski definition) is 1. The molecule has 0 aromatic heterocycles. The molecule has 0 saturated carbocycles. The van der Waals surface area contributed by atoms with Crippen LogP contribution in [0.4, 0.5) is 22.0 Å². The molecule has 1 aliphatic rings. The molecule has 0 bridgehead atoms. The molecule has 1 atom stereocenters. The fourth-order valence-electron chi connectivity index (χ4n) is 2.49. The minimum absolute atomic E-state index is 0.345. The van der Waals surface area contributed by atoms with Crippen LogP contribution in [0.3, 0.4) is 0 Å². The van der Waals surface area contributed by atoms with Gasteiger partial charge >= 0.3 is 6.18 Å². The molecule has 2 nitrogen and oxygen atoms in total. The van der Waals surface area contributed by atoms with Crippen LogP contribution in [-0.2, 0) is 6.18 Å². The van der Waals surface area contributed by atoms with Gasteiger partial charge in [-0.05, 0) is 12.1 Å². The summed E-state index contributed by atoms with van der Waals surface area (Å²) in [6, 6.07) is 0.254. The van der Waals surface area contributed by atoms with Gasteiger partial charge in [0.25, 0.3) is 0 Å². The van der Waals surface area contributed by atoms with Gasteiger partial charge in [-0.15, -0.1) is 0 Å². The molecule has 1 aromatic rings. The first-order valence-electron chi connectivity index (χ1n) is 6.42. The highest BCUT2D eigenvalue weighted by Gasteiger charge is 2.39. The summed E-state index contributed by atoms with van der Waals surface area (Å²) in [5.41, 5.74) is -1.88. The van der Waals surface area contributed by atoms with E-state index in [1.807, 2.05) is 0 Å². The van der Waals surface area contributed by atoms with E-state index in [9.17, 15) is 22.0 Å². The Morgan fingerprint density at radius 2 is 1.86 bits per heavy atom. The fourth-order valence-corrected chi connectivity index (χ4v) is 2.66. The third-order valence-corrected chi connectivity index (χ3v) is 3.80. The predicted octanol–water partition coefficient (Wildman–Crippen LogP) is 3.41. The Morgan fingerprint density at radius 3 is 2.38 bits per heavy atom. The van der Waals surface area contributed by atoms with Gasteiger partial charge in [0.2, 0.25) is 0 Å². The van der Waals surface area contributed by atoms with Crippen molar-refractivity contribution in [1.29, 1.82) is 0 Å². The molecule has 1 aliphatic heterocycles. The Labute approximate surface area is 123 Å². The lowest BCUT2D eigenvalue weighted by Gasteiger charge is -2.35. The predicted molar refractivity (Wildman–Crippen MR) is 69.6 cm³/mol. The van der Waals surface area contributed by atoms with Crippen molar-refractivity contribution in [3.8, 4) is 0 Å². The molecule has 2 rings (SSSR count). The highest BCUT2D eigenvalue weighted by Crippen LogP contribution is 2.40. The summed E-state index contributed by atoms with van der Waals surface area (Å²) in [5.74, 6) is -1.20. The number of nitrogens with zero attached hydrogens (tertiary/aromatic N) is 1. The number of rotatable bonds is 3. The second-order valence-corrected chi connectivity index (χ2v) is 5.18. The molecule has 21 heavy (non-hydrogen) atoms. The van der Waals surface area contributed by atoms with E-state index >= 15 is 0 Å². The van der Waals surface area contributed by atoms with E-state index in [2.05, 4.69) is 5.32 Å². The normalized spacial score (nSPS) is 18.8. The first-order valence-corrected chi connectivity index (χ1v) is 6.80. The minimum Gasteiger partial charge on any atom is -0.314 e. The average molecular weight is 329 g/mol. The largest absolute Gasteiger partial charge is 0.416 e. The lowest BCUT2D eigenvalue weighted by molar-refractivity contribution is -0.139. The number of halogens is 6. The Bertz CT molecular complexity index is 500. The van der Waals surface area contributed by atoms with E-state index in [1.165, 1.54) is 4.90 Å². The zero-order valence-electron chi connectivity index (χ0n) is 11.0. The Morgan fingerprint density at radius 1 is 1.24 bits per heavy atom. The van der Waals surface area contributed by atoms with Crippen molar-refractivity contribution in [3.05, 3.63) is 34.1 Å². The monoisotopic (exact) mass is 328 g/mol. The van der Waals surface area contributed by atoms with Crippen molar-refractivity contribution in [2.75, 3.05) is 32.9 Å². The van der Waals surface area contributed by atoms with E-state index in [4.69, 9.17) is 11.6 Å². The van der Waals surface area contributed by atoms with Crippen molar-refractivity contribution in [2.45, 2.75) is 12.2 Å². The molecule has 1 saturated heterocycles. The van der Waals surface area contributed by atoms with Crippen molar-refractivity contribution < 1.29 is 22.0 Å². The molecular formula is C13H14ClF5N2. The van der Waals surface area contributed by atoms with E-state index in [-0.39, 0.29) is 0 Å². The van der Waals surface area contributed by atoms with Gasteiger partial charge < -0.3 is 5.32 Å². The van der Waals surface area contributed by atoms with Gasteiger partial charge in [0.05, 0.1) is 16.6 Å². The second-order valence-electron chi connectivity index (χ2n) is 4.78. The summed E-state index contributed by atoms with van der Waals surface area (Å²) in [5, 5.41) is 2.57. The van der Waals surface area contributed by atoms with Crippen LogP contribution < -0.4 is 5.32 Å². The number of alkyl halides is 4. The summed E-state index contributed by atoms with van der Waals surface area (Å²) in [6.45, 7) is 0.607. The van der Waals surface area contributed by atoms with Crippen LogP contribution in [0.2, 0.25) is 5.02 Å². The van der Waals surface area contributed by atoms with Crippen LogP contribution in [0.15, 0.2) is 12.1 Å². The van der Waals surface area contributed by atoms with Gasteiger partial charge in [-0.3, -0.25) is 4.90 Å². The third-order valence-electron chi connectivity index (χ3n) is 3.51. The number of nitrogens with one attached hydrogen (secondary N) is 1. The van der Waals surface area contributed by atoms with Gasteiger partial charge in [0.15, 0.2) is 0 Å². The molecule has 1 heterocycles. The molecule has 0 amide bonds. The Hall–Kier alpha value is -0.920. The van der Waals surface area contributed by atoms with Gasteiger partial charge in [0, 0.05) is 31.7 Å². The maximum atomic E-state index is 14.1. The molecule has 0 spiro atoms. The van der Waals surface area contributed by atoms with Gasteiger partial charge in [-0.2, -0.15) is 13.2 Å². The van der Waals surface area contributed by atoms with Gasteiger partial charge in [0.1, 0.15) is 12.5 Å². The maximum absolute atomic E-state index is 14.1. The highest BCUT2D eigenvalue weighted by molar-refractivity contribution is 6.30. The quantitative estimate of drug-likeness (QED) is 0.855. The smallest absolute Gasteiger partial charge is 0.314 e. The van der Waals surface area contributed by atoms with Crippen LogP contribution >= 0.6 is 11.6 Å². The topological polar surface area (TPSA) is 15.3 Å². The van der Waals surface area contributed by atoms with Crippen molar-refractivity contribution >= 4 is 11.6 Å². The first kappa shape index (κ1) is 16.5. The Kier molecular flexibility index (Phi) is 5.06. The van der Waals surface area contributed by atoms with Crippen LogP contribution in [0.5, 0.6) is 0 Å². The van der Waals surface area contributed by atoms with Crippen molar-refractivity contribution in [3.63, 3.8) is 0 Å². The standard InChI is InChI=1S/C13H14ClF5N2/c14-9-2-1-8(13(17,18)19)11(12(9)16)10(7-15)21-5-3-20-4-6-21/h1-2,10,20H,3-7H2/t10-/m0/s1. The second kappa shape index (κ2) is 6.46. The molecule has 1 aromatic carbocycles. The fraction of sp³-hybridized carbons (Fsp3) is 0.538.